The monoisotopic (exact) mass is 355 g/mol. The number of hydrogen-bond acceptors (Lipinski definition) is 5. The van der Waals surface area contributed by atoms with Crippen molar-refractivity contribution in [1.82, 2.24) is 25.1 Å². The summed E-state index contributed by atoms with van der Waals surface area (Å²) >= 11 is 0. The minimum absolute atomic E-state index is 0.108. The van der Waals surface area contributed by atoms with Crippen LogP contribution in [0.4, 0.5) is 0 Å². The van der Waals surface area contributed by atoms with E-state index in [0.717, 1.165) is 30.7 Å². The van der Waals surface area contributed by atoms with Gasteiger partial charge in [-0.3, -0.25) is 4.79 Å². The molecule has 1 aliphatic carbocycles. The van der Waals surface area contributed by atoms with E-state index in [4.69, 9.17) is 4.74 Å². The molecule has 0 unspecified atom stereocenters. The van der Waals surface area contributed by atoms with Gasteiger partial charge >= 0.3 is 0 Å². The van der Waals surface area contributed by atoms with E-state index in [9.17, 15) is 4.79 Å². The molecule has 1 aromatic carbocycles. The number of hydrogen-bond donors (Lipinski definition) is 0. The van der Waals surface area contributed by atoms with Crippen LogP contribution in [0.2, 0.25) is 0 Å². The molecule has 2 heterocycles. The molecule has 0 spiro atoms. The second-order valence-electron chi connectivity index (χ2n) is 7.22. The van der Waals surface area contributed by atoms with Gasteiger partial charge in [0, 0.05) is 18.2 Å². The van der Waals surface area contributed by atoms with Crippen molar-refractivity contribution in [2.45, 2.75) is 51.1 Å². The zero-order valence-electron chi connectivity index (χ0n) is 15.2. The molecule has 1 saturated carbocycles. The molecular formula is C19H25N5O2. The Kier molecular flexibility index (Phi) is 4.86. The van der Waals surface area contributed by atoms with E-state index >= 15 is 0 Å². The van der Waals surface area contributed by atoms with Gasteiger partial charge in [-0.05, 0) is 48.9 Å². The molecule has 2 fully saturated rings. The third kappa shape index (κ3) is 3.43. The first-order valence-electron chi connectivity index (χ1n) is 9.46. The number of fused-ring (bicyclic) bond motifs is 1. The molecule has 0 radical (unpaired) electrons. The second kappa shape index (κ2) is 7.43. The SMILES string of the molecule is COc1cccc(-c2nnn(CC(=O)N3CCC[C@H]4CCCC[C@@H]43)n2)c1. The van der Waals surface area contributed by atoms with Gasteiger partial charge in [-0.2, -0.15) is 4.80 Å². The molecule has 7 nitrogen and oxygen atoms in total. The molecule has 1 saturated heterocycles. The average Bonchev–Trinajstić information content (AvgIpc) is 3.16. The number of amides is 1. The normalized spacial score (nSPS) is 22.7. The molecule has 4 rings (SSSR count). The number of nitrogens with zero attached hydrogens (tertiary/aromatic N) is 5. The van der Waals surface area contributed by atoms with E-state index in [1.54, 1.807) is 7.11 Å². The Morgan fingerprint density at radius 3 is 2.96 bits per heavy atom. The number of rotatable bonds is 4. The van der Waals surface area contributed by atoms with Gasteiger partial charge in [0.05, 0.1) is 7.11 Å². The van der Waals surface area contributed by atoms with Crippen LogP contribution in [0.3, 0.4) is 0 Å². The molecule has 7 heteroatoms. The Bertz CT molecular complexity index is 773. The summed E-state index contributed by atoms with van der Waals surface area (Å²) in [4.78, 5) is 16.3. The van der Waals surface area contributed by atoms with E-state index < -0.39 is 0 Å². The van der Waals surface area contributed by atoms with Crippen molar-refractivity contribution in [3.8, 4) is 17.1 Å². The maximum absolute atomic E-state index is 12.8. The lowest BCUT2D eigenvalue weighted by Gasteiger charge is -2.44. The molecule has 1 aliphatic heterocycles. The van der Waals surface area contributed by atoms with Crippen LogP contribution < -0.4 is 4.74 Å². The van der Waals surface area contributed by atoms with Crippen LogP contribution in [-0.4, -0.2) is 50.7 Å². The fourth-order valence-corrected chi connectivity index (χ4v) is 4.33. The van der Waals surface area contributed by atoms with E-state index in [-0.39, 0.29) is 12.5 Å². The van der Waals surface area contributed by atoms with Gasteiger partial charge < -0.3 is 9.64 Å². The number of benzene rings is 1. The van der Waals surface area contributed by atoms with Crippen molar-refractivity contribution in [2.75, 3.05) is 13.7 Å². The maximum Gasteiger partial charge on any atom is 0.246 e. The number of likely N-dealkylation sites (tertiary alicyclic amines) is 1. The highest BCUT2D eigenvalue weighted by Gasteiger charge is 2.35. The quantitative estimate of drug-likeness (QED) is 0.843. The summed E-state index contributed by atoms with van der Waals surface area (Å²) in [5, 5.41) is 12.6. The van der Waals surface area contributed by atoms with Crippen molar-refractivity contribution in [3.05, 3.63) is 24.3 Å². The summed E-state index contributed by atoms with van der Waals surface area (Å²) in [7, 11) is 1.62. The second-order valence-corrected chi connectivity index (χ2v) is 7.22. The third-order valence-corrected chi connectivity index (χ3v) is 5.62. The lowest BCUT2D eigenvalue weighted by Crippen LogP contribution is -2.50. The summed E-state index contributed by atoms with van der Waals surface area (Å²) in [6.07, 6.45) is 7.29. The Balaban J connectivity index is 1.45. The first-order chi connectivity index (χ1) is 12.7. The van der Waals surface area contributed by atoms with Crippen molar-refractivity contribution < 1.29 is 9.53 Å². The number of carbonyl (C=O) groups excluding carboxylic acids is 1. The van der Waals surface area contributed by atoms with Crippen molar-refractivity contribution in [2.24, 2.45) is 5.92 Å². The number of carbonyl (C=O) groups is 1. The molecule has 2 aromatic rings. The van der Waals surface area contributed by atoms with Crippen LogP contribution in [0.25, 0.3) is 11.4 Å². The summed E-state index contributed by atoms with van der Waals surface area (Å²) in [5.41, 5.74) is 0.827. The van der Waals surface area contributed by atoms with Gasteiger partial charge in [0.15, 0.2) is 0 Å². The van der Waals surface area contributed by atoms with Crippen LogP contribution >= 0.6 is 0 Å². The lowest BCUT2D eigenvalue weighted by atomic mass is 9.78. The predicted octanol–water partition coefficient (Wildman–Crippen LogP) is 2.53. The number of piperidine rings is 1. The van der Waals surface area contributed by atoms with Crippen molar-refractivity contribution >= 4 is 5.91 Å². The van der Waals surface area contributed by atoms with Gasteiger partial charge in [-0.25, -0.2) is 0 Å². The van der Waals surface area contributed by atoms with Gasteiger partial charge in [0.25, 0.3) is 0 Å². The fraction of sp³-hybridized carbons (Fsp3) is 0.579. The van der Waals surface area contributed by atoms with Gasteiger partial charge in [0.2, 0.25) is 11.7 Å². The molecule has 1 amide bonds. The molecule has 1 aromatic heterocycles. The molecule has 26 heavy (non-hydrogen) atoms. The van der Waals surface area contributed by atoms with Crippen LogP contribution in [0.1, 0.15) is 38.5 Å². The van der Waals surface area contributed by atoms with Gasteiger partial charge in [-0.1, -0.05) is 25.0 Å². The van der Waals surface area contributed by atoms with Gasteiger partial charge in [0.1, 0.15) is 12.3 Å². The van der Waals surface area contributed by atoms with Crippen LogP contribution in [-0.2, 0) is 11.3 Å². The Labute approximate surface area is 153 Å². The zero-order chi connectivity index (χ0) is 17.9. The largest absolute Gasteiger partial charge is 0.497 e. The summed E-state index contributed by atoms with van der Waals surface area (Å²) in [6, 6.07) is 7.93. The zero-order valence-corrected chi connectivity index (χ0v) is 15.2. The number of aromatic nitrogens is 4. The Morgan fingerprint density at radius 1 is 1.23 bits per heavy atom. The number of tetrazole rings is 1. The predicted molar refractivity (Wildman–Crippen MR) is 96.5 cm³/mol. The van der Waals surface area contributed by atoms with E-state index in [1.165, 1.54) is 30.5 Å². The summed E-state index contributed by atoms with van der Waals surface area (Å²) in [6.45, 7) is 1.01. The topological polar surface area (TPSA) is 73.1 Å². The Morgan fingerprint density at radius 2 is 2.08 bits per heavy atom. The van der Waals surface area contributed by atoms with Crippen molar-refractivity contribution in [1.29, 1.82) is 0 Å². The average molecular weight is 355 g/mol. The van der Waals surface area contributed by atoms with Crippen LogP contribution in [0, 0.1) is 5.92 Å². The van der Waals surface area contributed by atoms with Crippen LogP contribution in [0.5, 0.6) is 5.75 Å². The van der Waals surface area contributed by atoms with E-state index in [1.807, 2.05) is 24.3 Å². The smallest absolute Gasteiger partial charge is 0.246 e. The van der Waals surface area contributed by atoms with E-state index in [0.29, 0.717) is 17.8 Å². The maximum atomic E-state index is 12.8. The minimum atomic E-state index is 0.108. The summed E-state index contributed by atoms with van der Waals surface area (Å²) < 4.78 is 5.23. The molecule has 138 valence electrons. The highest BCUT2D eigenvalue weighted by atomic mass is 16.5. The molecule has 2 aliphatic rings. The minimum Gasteiger partial charge on any atom is -0.497 e. The summed E-state index contributed by atoms with van der Waals surface area (Å²) in [5.74, 6) is 2.03. The molecule has 2 atom stereocenters. The lowest BCUT2D eigenvalue weighted by molar-refractivity contribution is -0.138. The highest BCUT2D eigenvalue weighted by molar-refractivity contribution is 5.76. The first-order valence-corrected chi connectivity index (χ1v) is 9.46. The number of methoxy groups -OCH3 is 1. The standard InChI is InChI=1S/C19H25N5O2/c1-26-16-9-4-7-15(12-16)19-20-22-24(21-19)13-18(25)23-11-5-8-14-6-2-3-10-17(14)23/h4,7,9,12,14,17H,2-3,5-6,8,10-11,13H2,1H3/t14-,17+/m1/s1. The first kappa shape index (κ1) is 17.0. The van der Waals surface area contributed by atoms with Crippen LogP contribution in [0.15, 0.2) is 24.3 Å². The van der Waals surface area contributed by atoms with Gasteiger partial charge in [-0.15, -0.1) is 10.2 Å². The number of ether oxygens (including phenoxy) is 1. The highest BCUT2D eigenvalue weighted by Crippen LogP contribution is 2.35. The molecule has 0 bridgehead atoms. The third-order valence-electron chi connectivity index (χ3n) is 5.62. The molecular weight excluding hydrogens is 330 g/mol. The van der Waals surface area contributed by atoms with Crippen molar-refractivity contribution in [3.63, 3.8) is 0 Å². The van der Waals surface area contributed by atoms with E-state index in [2.05, 4.69) is 20.3 Å². The molecule has 0 N–H and O–H groups in total. The fourth-order valence-electron chi connectivity index (χ4n) is 4.33. The Hall–Kier alpha value is -2.44.